The van der Waals surface area contributed by atoms with Crippen molar-refractivity contribution in [3.63, 3.8) is 0 Å². The summed E-state index contributed by atoms with van der Waals surface area (Å²) in [6.45, 7) is 5.65. The van der Waals surface area contributed by atoms with Gasteiger partial charge in [0.1, 0.15) is 11.4 Å². The average molecular weight is 468 g/mol. The summed E-state index contributed by atoms with van der Waals surface area (Å²) in [6, 6.07) is 6.54. The fourth-order valence-corrected chi connectivity index (χ4v) is 4.93. The van der Waals surface area contributed by atoms with Crippen LogP contribution in [-0.2, 0) is 4.74 Å². The van der Waals surface area contributed by atoms with Crippen LogP contribution in [0, 0.1) is 19.8 Å². The number of carboxylic acid groups (broad SMARTS) is 1. The first kappa shape index (κ1) is 23.5. The van der Waals surface area contributed by atoms with Crippen molar-refractivity contribution in [3.8, 4) is 0 Å². The maximum Gasteiger partial charge on any atom is 0.428 e. The zero-order valence-electron chi connectivity index (χ0n) is 19.5. The molecule has 1 atom stereocenters. The number of H-pyrrole nitrogens is 1. The predicted molar refractivity (Wildman–Crippen MR) is 124 cm³/mol. The molecule has 1 aliphatic heterocycles. The number of aryl methyl sites for hydroxylation is 2. The minimum absolute atomic E-state index is 0.0296. The molecule has 4 rings (SSSR count). The van der Waals surface area contributed by atoms with Crippen LogP contribution in [0.2, 0.25) is 0 Å². The maximum atomic E-state index is 12.4. The lowest BCUT2D eigenvalue weighted by molar-refractivity contribution is 0.0154. The summed E-state index contributed by atoms with van der Waals surface area (Å²) in [6.07, 6.45) is 3.03. The van der Waals surface area contributed by atoms with Crippen LogP contribution < -0.4 is 10.7 Å². The van der Waals surface area contributed by atoms with E-state index in [9.17, 15) is 19.5 Å². The first-order valence-electron chi connectivity index (χ1n) is 11.4. The number of ether oxygens (including phenoxy) is 1. The topological polar surface area (TPSA) is 146 Å². The number of aromatic amines is 1. The van der Waals surface area contributed by atoms with Crippen molar-refractivity contribution in [2.24, 2.45) is 11.0 Å². The third-order valence-corrected chi connectivity index (χ3v) is 6.62. The van der Waals surface area contributed by atoms with Crippen LogP contribution in [0.4, 0.5) is 4.79 Å². The minimum atomic E-state index is -0.997. The summed E-state index contributed by atoms with van der Waals surface area (Å²) < 4.78 is 5.81. The molecule has 0 bridgehead atoms. The van der Waals surface area contributed by atoms with Crippen molar-refractivity contribution in [2.45, 2.75) is 64.5 Å². The molecule has 2 amide bonds. The Morgan fingerprint density at radius 2 is 2.00 bits per heavy atom. The number of nitrogens with zero attached hydrogens (tertiary/aromatic N) is 2. The lowest BCUT2D eigenvalue weighted by Gasteiger charge is -2.42. The van der Waals surface area contributed by atoms with Crippen LogP contribution in [0.25, 0.3) is 0 Å². The second kappa shape index (κ2) is 9.28. The lowest BCUT2D eigenvalue weighted by atomic mass is 9.72. The molecule has 34 heavy (non-hydrogen) atoms. The zero-order valence-corrected chi connectivity index (χ0v) is 19.5. The Labute approximate surface area is 197 Å². The van der Waals surface area contributed by atoms with Gasteiger partial charge < -0.3 is 15.2 Å². The number of hydrogen-bond donors (Lipinski definition) is 4. The van der Waals surface area contributed by atoms with E-state index in [2.05, 4.69) is 26.0 Å². The van der Waals surface area contributed by atoms with Gasteiger partial charge in [-0.25, -0.2) is 15.0 Å². The van der Waals surface area contributed by atoms with E-state index in [1.54, 1.807) is 18.2 Å². The number of aromatic nitrogens is 2. The molecule has 10 heteroatoms. The Balaban J connectivity index is 1.43. The Morgan fingerprint density at radius 3 is 2.62 bits per heavy atom. The van der Waals surface area contributed by atoms with Crippen molar-refractivity contribution in [3.05, 3.63) is 52.3 Å². The molecule has 180 valence electrons. The first-order valence-corrected chi connectivity index (χ1v) is 11.4. The number of aromatic carboxylic acids is 1. The highest BCUT2D eigenvalue weighted by atomic mass is 16.6. The fraction of sp³-hybridized carbons (Fsp3) is 0.458. The van der Waals surface area contributed by atoms with Gasteiger partial charge in [-0.05, 0) is 82.6 Å². The number of carbonyl (C=O) groups is 3. The van der Waals surface area contributed by atoms with Crippen LogP contribution in [0.15, 0.2) is 29.4 Å². The van der Waals surface area contributed by atoms with Gasteiger partial charge in [-0.1, -0.05) is 6.07 Å². The van der Waals surface area contributed by atoms with E-state index >= 15 is 0 Å². The molecule has 1 spiro atoms. The second-order valence-corrected chi connectivity index (χ2v) is 9.28. The van der Waals surface area contributed by atoms with Gasteiger partial charge in [0.2, 0.25) is 0 Å². The highest BCUT2D eigenvalue weighted by molar-refractivity contribution is 6.10. The highest BCUT2D eigenvalue weighted by Gasteiger charge is 2.46. The van der Waals surface area contributed by atoms with Gasteiger partial charge in [-0.15, -0.1) is 0 Å². The van der Waals surface area contributed by atoms with Crippen LogP contribution in [0.5, 0.6) is 0 Å². The molecule has 2 aromatic rings. The van der Waals surface area contributed by atoms with Gasteiger partial charge in [-0.3, -0.25) is 9.89 Å². The average Bonchev–Trinajstić information content (AvgIpc) is 3.22. The molecule has 0 unspecified atom stereocenters. The molecule has 1 saturated carbocycles. The van der Waals surface area contributed by atoms with Gasteiger partial charge >= 0.3 is 12.1 Å². The summed E-state index contributed by atoms with van der Waals surface area (Å²) in [5.74, 6) is -0.845. The molecule has 10 nitrogen and oxygen atoms in total. The number of nitrogens with one attached hydrogen (secondary N) is 3. The van der Waals surface area contributed by atoms with E-state index in [1.807, 2.05) is 20.8 Å². The Morgan fingerprint density at radius 1 is 1.26 bits per heavy atom. The van der Waals surface area contributed by atoms with E-state index in [0.717, 1.165) is 36.1 Å². The van der Waals surface area contributed by atoms with Gasteiger partial charge in [0.25, 0.3) is 5.91 Å². The van der Waals surface area contributed by atoms with E-state index in [4.69, 9.17) is 4.74 Å². The molecule has 1 fully saturated rings. The third-order valence-electron chi connectivity index (χ3n) is 6.62. The van der Waals surface area contributed by atoms with Crippen molar-refractivity contribution < 1.29 is 24.2 Å². The van der Waals surface area contributed by atoms with Crippen LogP contribution in [0.1, 0.15) is 76.7 Å². The monoisotopic (exact) mass is 467 g/mol. The fourth-order valence-electron chi connectivity index (χ4n) is 4.93. The SMILES string of the molecule is Cc1cc(C(=O)N[C@@H](C)CC2CCC3(CC2)OC(=O)NN=C3c2ccc(C(=O)O)cc2C)n[nH]1. The first-order chi connectivity index (χ1) is 16.2. The summed E-state index contributed by atoms with van der Waals surface area (Å²) in [4.78, 5) is 35.8. The number of carbonyl (C=O) groups excluding carboxylic acids is 2. The smallest absolute Gasteiger partial charge is 0.428 e. The minimum Gasteiger partial charge on any atom is -0.478 e. The molecular weight excluding hydrogens is 438 g/mol. The molecule has 4 N–H and O–H groups in total. The Bertz CT molecular complexity index is 1150. The van der Waals surface area contributed by atoms with E-state index < -0.39 is 17.7 Å². The number of amides is 2. The summed E-state index contributed by atoms with van der Waals surface area (Å²) in [5, 5.41) is 23.4. The maximum absolute atomic E-state index is 12.4. The Kier molecular flexibility index (Phi) is 6.41. The van der Waals surface area contributed by atoms with Crippen molar-refractivity contribution >= 4 is 23.7 Å². The zero-order chi connectivity index (χ0) is 24.5. The highest BCUT2D eigenvalue weighted by Crippen LogP contribution is 2.41. The molecule has 1 aliphatic carbocycles. The van der Waals surface area contributed by atoms with E-state index in [1.165, 1.54) is 6.07 Å². The number of carboxylic acids is 1. The summed E-state index contributed by atoms with van der Waals surface area (Å²) in [5.41, 5.74) is 5.09. The molecule has 1 aromatic carbocycles. The van der Waals surface area contributed by atoms with Gasteiger partial charge in [-0.2, -0.15) is 10.2 Å². The van der Waals surface area contributed by atoms with Gasteiger partial charge in [0.15, 0.2) is 5.60 Å². The largest absolute Gasteiger partial charge is 0.478 e. The van der Waals surface area contributed by atoms with E-state index in [-0.39, 0.29) is 17.5 Å². The quantitative estimate of drug-likeness (QED) is 0.513. The summed E-state index contributed by atoms with van der Waals surface area (Å²) in [7, 11) is 0. The third kappa shape index (κ3) is 4.80. The van der Waals surface area contributed by atoms with Crippen LogP contribution in [-0.4, -0.2) is 50.6 Å². The molecule has 0 radical (unpaired) electrons. The molecule has 2 aliphatic rings. The summed E-state index contributed by atoms with van der Waals surface area (Å²) >= 11 is 0. The van der Waals surface area contributed by atoms with Crippen molar-refractivity contribution in [2.75, 3.05) is 0 Å². The molecule has 0 saturated heterocycles. The predicted octanol–water partition coefficient (Wildman–Crippen LogP) is 3.31. The second-order valence-electron chi connectivity index (χ2n) is 9.28. The van der Waals surface area contributed by atoms with Crippen molar-refractivity contribution in [1.29, 1.82) is 0 Å². The van der Waals surface area contributed by atoms with Crippen LogP contribution >= 0.6 is 0 Å². The number of hydrogen-bond acceptors (Lipinski definition) is 6. The molecular formula is C24H29N5O5. The number of hydrazone groups is 1. The van der Waals surface area contributed by atoms with Gasteiger partial charge in [0, 0.05) is 17.3 Å². The Hall–Kier alpha value is -3.69. The number of rotatable bonds is 6. The lowest BCUT2D eigenvalue weighted by Crippen LogP contribution is -2.52. The van der Waals surface area contributed by atoms with E-state index in [0.29, 0.717) is 30.2 Å². The van der Waals surface area contributed by atoms with Gasteiger partial charge in [0.05, 0.1) is 5.56 Å². The van der Waals surface area contributed by atoms with Crippen LogP contribution in [0.3, 0.4) is 0 Å². The molecule has 2 heterocycles. The van der Waals surface area contributed by atoms with Crippen molar-refractivity contribution in [1.82, 2.24) is 20.9 Å². The normalized spacial score (nSPS) is 23.0. The number of benzene rings is 1. The standard InChI is InChI=1S/C24H29N5O5/c1-13-10-17(22(31)32)4-5-18(13)20-24(34-23(33)29-28-20)8-6-16(7-9-24)11-14(2)25-21(30)19-12-15(3)26-27-19/h4-5,10,12,14,16H,6-9,11H2,1-3H3,(H,25,30)(H,26,27)(H,29,33)(H,31,32)/t14-,16?,24?/m0/s1. The molecule has 1 aromatic heterocycles.